The van der Waals surface area contributed by atoms with Gasteiger partial charge in [0.05, 0.1) is 37.6 Å². The molecular formula is C22H25F2N9O9P2. The quantitative estimate of drug-likeness (QED) is 0.223. The van der Waals surface area contributed by atoms with E-state index in [1.54, 1.807) is 0 Å². The molecule has 0 amide bonds. The molecule has 2 saturated heterocycles. The molecule has 0 radical (unpaired) electrons. The molecule has 6 heterocycles. The van der Waals surface area contributed by atoms with Crippen LogP contribution in [0.2, 0.25) is 0 Å². The molecule has 18 nitrogen and oxygen atoms in total. The van der Waals surface area contributed by atoms with Crippen molar-refractivity contribution in [1.82, 2.24) is 34.1 Å². The van der Waals surface area contributed by atoms with E-state index in [1.807, 2.05) is 0 Å². The van der Waals surface area contributed by atoms with Gasteiger partial charge in [-0.15, -0.1) is 0 Å². The van der Waals surface area contributed by atoms with Crippen molar-refractivity contribution in [3.05, 3.63) is 31.2 Å². The van der Waals surface area contributed by atoms with Crippen LogP contribution in [-0.4, -0.2) is 87.7 Å². The maximum absolute atomic E-state index is 16.0. The first kappa shape index (κ1) is 29.5. The Bertz CT molecular complexity index is 1700. The molecule has 0 bridgehead atoms. The molecule has 22 heteroatoms. The average Bonchev–Trinajstić information content (AvgIpc) is 3.73. The molecule has 236 valence electrons. The first-order chi connectivity index (χ1) is 20.9. The molecule has 3 aliphatic rings. The van der Waals surface area contributed by atoms with Crippen LogP contribution < -0.4 is 11.5 Å². The third-order valence-corrected chi connectivity index (χ3v) is 9.80. The van der Waals surface area contributed by atoms with Crippen LogP contribution in [-0.2, 0) is 32.0 Å². The van der Waals surface area contributed by atoms with Gasteiger partial charge in [-0.05, 0) is 12.5 Å². The molecule has 4 unspecified atom stereocenters. The van der Waals surface area contributed by atoms with Gasteiger partial charge in [0.25, 0.3) is 0 Å². The Labute approximate surface area is 245 Å². The first-order valence-electron chi connectivity index (χ1n) is 13.2. The van der Waals surface area contributed by atoms with Crippen molar-refractivity contribution in [2.24, 2.45) is 5.92 Å². The number of rotatable bonds is 2. The lowest BCUT2D eigenvalue weighted by Crippen LogP contribution is -2.35. The first-order valence-corrected chi connectivity index (χ1v) is 16.2. The Hall–Kier alpha value is -3.19. The van der Waals surface area contributed by atoms with Crippen LogP contribution in [0.25, 0.3) is 22.3 Å². The van der Waals surface area contributed by atoms with Crippen molar-refractivity contribution in [2.45, 2.75) is 49.3 Å². The number of nitrogens with zero attached hydrogens (tertiary/aromatic N) is 7. The zero-order valence-electron chi connectivity index (χ0n) is 22.3. The van der Waals surface area contributed by atoms with E-state index in [0.717, 1.165) is 0 Å². The summed E-state index contributed by atoms with van der Waals surface area (Å²) in [6.07, 6.45) is -5.72. The molecule has 0 spiro atoms. The number of hydrogen-bond acceptors (Lipinski definition) is 14. The van der Waals surface area contributed by atoms with Gasteiger partial charge < -0.3 is 30.6 Å². The highest BCUT2D eigenvalue weighted by Gasteiger charge is 2.54. The van der Waals surface area contributed by atoms with Crippen molar-refractivity contribution in [2.75, 3.05) is 24.7 Å². The zero-order valence-corrected chi connectivity index (χ0v) is 24.1. The Morgan fingerprint density at radius 1 is 0.864 bits per heavy atom. The molecule has 6 N–H and O–H groups in total. The number of anilines is 2. The van der Waals surface area contributed by atoms with Gasteiger partial charge in [-0.3, -0.25) is 22.7 Å². The lowest BCUT2D eigenvalue weighted by atomic mass is 10.1. The molecule has 4 aromatic rings. The highest BCUT2D eigenvalue weighted by atomic mass is 31.2. The van der Waals surface area contributed by atoms with E-state index in [9.17, 15) is 18.9 Å². The summed E-state index contributed by atoms with van der Waals surface area (Å²) in [5.74, 6) is -1.01. The minimum Gasteiger partial charge on any atom is -0.397 e. The number of halogens is 2. The van der Waals surface area contributed by atoms with Gasteiger partial charge in [0.1, 0.15) is 41.8 Å². The Morgan fingerprint density at radius 2 is 1.55 bits per heavy atom. The average molecular weight is 659 g/mol. The van der Waals surface area contributed by atoms with E-state index in [1.165, 1.54) is 40.4 Å². The minimum atomic E-state index is -5.04. The largest absolute Gasteiger partial charge is 0.472 e. The molecule has 1 aliphatic carbocycles. The van der Waals surface area contributed by atoms with Gasteiger partial charge >= 0.3 is 15.6 Å². The molecule has 1 saturated carbocycles. The second kappa shape index (κ2) is 10.7. The summed E-state index contributed by atoms with van der Waals surface area (Å²) < 4.78 is 86.9. The van der Waals surface area contributed by atoms with Crippen LogP contribution in [0.4, 0.5) is 20.3 Å². The number of aromatic nitrogens is 7. The second-order valence-corrected chi connectivity index (χ2v) is 13.3. The number of phosphoric acid groups is 2. The molecule has 0 aromatic carbocycles. The standard InChI is InChI=1S/C22H25F2N9O9P2/c23-13-11(32-7-31-16-19(26)28-6-29-21(16)32)3-9-4-38-43(34,35)42-18-12(5-39-44(36,37)41-17(9)13)40-22(14(18)24)33-8-30-15-10(25)1-2-27-20(15)33/h1-2,6-9,11-14,17-18,22H,3-5H2,(H2,25,27)(H,34,35)(H,36,37)(H2,26,28,29)/t9-,11-,12-,13?,14?,17+,18+,22-/m1/s1. The third kappa shape index (κ3) is 5.05. The van der Waals surface area contributed by atoms with Crippen LogP contribution in [0.15, 0.2) is 31.2 Å². The van der Waals surface area contributed by atoms with Gasteiger partial charge in [-0.2, -0.15) is 0 Å². The van der Waals surface area contributed by atoms with Crippen LogP contribution in [0.3, 0.4) is 0 Å². The van der Waals surface area contributed by atoms with Crippen molar-refractivity contribution in [1.29, 1.82) is 0 Å². The molecule has 7 rings (SSSR count). The lowest BCUT2D eigenvalue weighted by molar-refractivity contribution is -0.0551. The van der Waals surface area contributed by atoms with E-state index in [4.69, 9.17) is 34.3 Å². The van der Waals surface area contributed by atoms with Crippen molar-refractivity contribution >= 4 is 49.5 Å². The smallest absolute Gasteiger partial charge is 0.397 e. The predicted molar refractivity (Wildman–Crippen MR) is 144 cm³/mol. The Kier molecular flexibility index (Phi) is 7.19. The van der Waals surface area contributed by atoms with Crippen LogP contribution in [0.5, 0.6) is 0 Å². The molecule has 4 aromatic heterocycles. The fraction of sp³-hybridized carbons (Fsp3) is 0.500. The normalized spacial score (nSPS) is 38.3. The minimum absolute atomic E-state index is 0.0580. The third-order valence-electron chi connectivity index (χ3n) is 7.83. The van der Waals surface area contributed by atoms with Crippen LogP contribution >= 0.6 is 15.6 Å². The van der Waals surface area contributed by atoms with Gasteiger partial charge in [0, 0.05) is 12.1 Å². The topological polar surface area (TPSA) is 247 Å². The number of nitrogens with two attached hydrogens (primary N) is 2. The number of imidazole rings is 2. The molecule has 10 atom stereocenters. The summed E-state index contributed by atoms with van der Waals surface area (Å²) in [5.41, 5.74) is 12.8. The molecule has 44 heavy (non-hydrogen) atoms. The lowest BCUT2D eigenvalue weighted by Gasteiger charge is -2.28. The maximum atomic E-state index is 16.0. The predicted octanol–water partition coefficient (Wildman–Crippen LogP) is 1.59. The molecule has 2 aliphatic heterocycles. The summed E-state index contributed by atoms with van der Waals surface area (Å²) >= 11 is 0. The second-order valence-electron chi connectivity index (χ2n) is 10.5. The van der Waals surface area contributed by atoms with Gasteiger partial charge in [-0.1, -0.05) is 0 Å². The Balaban J connectivity index is 1.17. The highest BCUT2D eigenvalue weighted by molar-refractivity contribution is 7.47. The zero-order chi connectivity index (χ0) is 31.0. The van der Waals surface area contributed by atoms with E-state index < -0.39 is 77.7 Å². The number of fused-ring (bicyclic) bond motifs is 4. The number of phosphoric ester groups is 2. The monoisotopic (exact) mass is 659 g/mol. The summed E-state index contributed by atoms with van der Waals surface area (Å²) in [6.45, 7) is -1.52. The van der Waals surface area contributed by atoms with E-state index >= 15 is 8.78 Å². The van der Waals surface area contributed by atoms with Gasteiger partial charge in [-0.25, -0.2) is 42.8 Å². The Morgan fingerprint density at radius 3 is 2.34 bits per heavy atom. The van der Waals surface area contributed by atoms with E-state index in [2.05, 4.69) is 24.9 Å². The molecular weight excluding hydrogens is 634 g/mol. The summed E-state index contributed by atoms with van der Waals surface area (Å²) in [6, 6.07) is 0.425. The number of hydrogen-bond donors (Lipinski definition) is 4. The van der Waals surface area contributed by atoms with Gasteiger partial charge in [0.15, 0.2) is 29.5 Å². The summed E-state index contributed by atoms with van der Waals surface area (Å²) in [4.78, 5) is 41.5. The molecule has 3 fully saturated rings. The summed E-state index contributed by atoms with van der Waals surface area (Å²) in [5, 5.41) is 0. The van der Waals surface area contributed by atoms with E-state index in [0.29, 0.717) is 0 Å². The maximum Gasteiger partial charge on any atom is 0.472 e. The number of ether oxygens (including phenoxy) is 1. The highest BCUT2D eigenvalue weighted by Crippen LogP contribution is 2.55. The number of nitrogen functional groups attached to an aromatic ring is 2. The summed E-state index contributed by atoms with van der Waals surface area (Å²) in [7, 11) is -10.1. The fourth-order valence-electron chi connectivity index (χ4n) is 5.78. The van der Waals surface area contributed by atoms with E-state index in [-0.39, 0.29) is 40.3 Å². The van der Waals surface area contributed by atoms with Crippen molar-refractivity contribution in [3.8, 4) is 0 Å². The number of pyridine rings is 1. The van der Waals surface area contributed by atoms with Crippen LogP contribution in [0.1, 0.15) is 18.7 Å². The fourth-order valence-corrected chi connectivity index (χ4v) is 7.78. The van der Waals surface area contributed by atoms with Crippen LogP contribution in [0, 0.1) is 5.92 Å². The van der Waals surface area contributed by atoms with Crippen molar-refractivity contribution in [3.63, 3.8) is 0 Å². The number of alkyl halides is 2. The van der Waals surface area contributed by atoms with Gasteiger partial charge in [0.2, 0.25) is 0 Å². The van der Waals surface area contributed by atoms with Crippen molar-refractivity contribution < 1.29 is 50.5 Å². The SMILES string of the molecule is Nc1ncnc2c1ncn2[C@@H]1C[C@@H]2COP(=O)(O)O[C@@H]3C(F)[C@H](n4cnc5c(N)ccnc54)O[C@@H]3COP(=O)(O)O[C@@H]2C1F.